The van der Waals surface area contributed by atoms with Gasteiger partial charge in [0.15, 0.2) is 5.17 Å². The summed E-state index contributed by atoms with van der Waals surface area (Å²) in [6, 6.07) is 15.6. The molecule has 5 nitrogen and oxygen atoms in total. The highest BCUT2D eigenvalue weighted by Crippen LogP contribution is 2.31. The van der Waals surface area contributed by atoms with Gasteiger partial charge >= 0.3 is 0 Å². The van der Waals surface area contributed by atoms with Gasteiger partial charge in [-0.1, -0.05) is 49.9 Å². The molecule has 0 spiro atoms. The van der Waals surface area contributed by atoms with Crippen molar-refractivity contribution in [2.75, 3.05) is 12.4 Å². The van der Waals surface area contributed by atoms with Crippen molar-refractivity contribution in [1.29, 1.82) is 0 Å². The molecule has 1 fully saturated rings. The van der Waals surface area contributed by atoms with Crippen molar-refractivity contribution >= 4 is 40.1 Å². The maximum absolute atomic E-state index is 12.5. The van der Waals surface area contributed by atoms with E-state index in [1.165, 1.54) is 22.2 Å². The average Bonchev–Trinajstić information content (AvgIpc) is 2.90. The highest BCUT2D eigenvalue weighted by molar-refractivity contribution is 8.15. The van der Waals surface area contributed by atoms with Crippen molar-refractivity contribution in [2.24, 2.45) is 4.99 Å². The van der Waals surface area contributed by atoms with Crippen LogP contribution in [0, 0.1) is 6.92 Å². The molecule has 0 radical (unpaired) electrons. The first-order chi connectivity index (χ1) is 13.3. The molecule has 1 saturated heterocycles. The van der Waals surface area contributed by atoms with Crippen LogP contribution >= 0.6 is 11.8 Å². The Morgan fingerprint density at radius 2 is 1.93 bits per heavy atom. The van der Waals surface area contributed by atoms with Crippen molar-refractivity contribution in [3.8, 4) is 0 Å². The number of anilines is 1. The van der Waals surface area contributed by atoms with Crippen LogP contribution in [-0.2, 0) is 9.59 Å². The van der Waals surface area contributed by atoms with Gasteiger partial charge in [0.25, 0.3) is 0 Å². The molecular formula is C22H25N3O2S. The monoisotopic (exact) mass is 395 g/mol. The lowest BCUT2D eigenvalue weighted by atomic mass is 10.0. The van der Waals surface area contributed by atoms with Crippen LogP contribution in [0.25, 0.3) is 0 Å². The van der Waals surface area contributed by atoms with Crippen LogP contribution in [0.2, 0.25) is 0 Å². The van der Waals surface area contributed by atoms with Crippen LogP contribution < -0.4 is 5.32 Å². The fourth-order valence-corrected chi connectivity index (χ4v) is 4.10. The number of aryl methyl sites for hydroxylation is 1. The van der Waals surface area contributed by atoms with E-state index in [0.717, 1.165) is 16.9 Å². The van der Waals surface area contributed by atoms with E-state index >= 15 is 0 Å². The third kappa shape index (κ3) is 4.81. The Morgan fingerprint density at radius 3 is 2.57 bits per heavy atom. The second-order valence-corrected chi connectivity index (χ2v) is 8.44. The molecule has 0 bridgehead atoms. The summed E-state index contributed by atoms with van der Waals surface area (Å²) >= 11 is 1.34. The molecule has 2 amide bonds. The topological polar surface area (TPSA) is 61.8 Å². The van der Waals surface area contributed by atoms with Gasteiger partial charge in [-0.05, 0) is 48.2 Å². The van der Waals surface area contributed by atoms with Crippen molar-refractivity contribution in [1.82, 2.24) is 4.90 Å². The highest BCUT2D eigenvalue weighted by atomic mass is 32.2. The van der Waals surface area contributed by atoms with Crippen molar-refractivity contribution in [2.45, 2.75) is 38.4 Å². The van der Waals surface area contributed by atoms with Crippen molar-refractivity contribution in [3.05, 3.63) is 59.7 Å². The highest BCUT2D eigenvalue weighted by Gasteiger charge is 2.37. The van der Waals surface area contributed by atoms with Crippen LogP contribution in [0.5, 0.6) is 0 Å². The quantitative estimate of drug-likeness (QED) is 0.798. The lowest BCUT2D eigenvalue weighted by Gasteiger charge is -2.10. The van der Waals surface area contributed by atoms with E-state index in [0.29, 0.717) is 11.1 Å². The second-order valence-electron chi connectivity index (χ2n) is 7.27. The molecule has 28 heavy (non-hydrogen) atoms. The normalized spacial score (nSPS) is 18.2. The predicted octanol–water partition coefficient (Wildman–Crippen LogP) is 4.71. The minimum atomic E-state index is -0.455. The Bertz CT molecular complexity index is 906. The van der Waals surface area contributed by atoms with E-state index < -0.39 is 5.25 Å². The molecule has 0 aromatic heterocycles. The molecule has 6 heteroatoms. The van der Waals surface area contributed by atoms with Gasteiger partial charge in [0.05, 0.1) is 5.69 Å². The molecule has 146 valence electrons. The molecule has 2 aromatic carbocycles. The first kappa shape index (κ1) is 20.1. The Labute approximate surface area is 170 Å². The fraction of sp³-hybridized carbons (Fsp3) is 0.318. The number of carbonyl (C=O) groups excluding carboxylic acids is 2. The number of carbonyl (C=O) groups is 2. The third-order valence-corrected chi connectivity index (χ3v) is 5.83. The maximum Gasteiger partial charge on any atom is 0.242 e. The Balaban J connectivity index is 1.66. The van der Waals surface area contributed by atoms with Crippen LogP contribution in [0.4, 0.5) is 11.4 Å². The molecule has 1 heterocycles. The molecule has 3 rings (SSSR count). The Kier molecular flexibility index (Phi) is 6.19. The number of rotatable bonds is 5. The van der Waals surface area contributed by atoms with Gasteiger partial charge in [0.2, 0.25) is 11.8 Å². The number of benzene rings is 2. The summed E-state index contributed by atoms with van der Waals surface area (Å²) in [7, 11) is 1.70. The second kappa shape index (κ2) is 8.61. The number of amides is 2. The first-order valence-corrected chi connectivity index (χ1v) is 10.2. The summed E-state index contributed by atoms with van der Waals surface area (Å²) < 4.78 is 0. The molecule has 1 atom stereocenters. The number of hydrogen-bond acceptors (Lipinski definition) is 4. The number of nitrogens with zero attached hydrogens (tertiary/aromatic N) is 2. The van der Waals surface area contributed by atoms with Gasteiger partial charge < -0.3 is 5.32 Å². The Hall–Kier alpha value is -2.60. The summed E-state index contributed by atoms with van der Waals surface area (Å²) in [5.41, 5.74) is 3.87. The van der Waals surface area contributed by atoms with Crippen molar-refractivity contribution < 1.29 is 9.59 Å². The number of amidine groups is 1. The van der Waals surface area contributed by atoms with Gasteiger partial charge in [-0.25, -0.2) is 4.99 Å². The summed E-state index contributed by atoms with van der Waals surface area (Å²) in [5.74, 6) is 0.192. The van der Waals surface area contributed by atoms with Crippen LogP contribution in [-0.4, -0.2) is 34.2 Å². The van der Waals surface area contributed by atoms with Gasteiger partial charge in [0, 0.05) is 19.2 Å². The van der Waals surface area contributed by atoms with E-state index in [-0.39, 0.29) is 18.2 Å². The summed E-state index contributed by atoms with van der Waals surface area (Å²) in [6.45, 7) is 6.26. The number of thioether (sulfide) groups is 1. The molecule has 1 N–H and O–H groups in total. The third-order valence-electron chi connectivity index (χ3n) is 4.60. The molecule has 0 aliphatic carbocycles. The van der Waals surface area contributed by atoms with Gasteiger partial charge in [0.1, 0.15) is 5.25 Å². The largest absolute Gasteiger partial charge is 0.326 e. The van der Waals surface area contributed by atoms with Crippen molar-refractivity contribution in [3.63, 3.8) is 0 Å². The van der Waals surface area contributed by atoms with Crippen LogP contribution in [0.15, 0.2) is 53.5 Å². The average molecular weight is 396 g/mol. The SMILES string of the molecule is Cc1cccc(NC(=O)C[C@H]2SC(=Nc3ccc(C(C)C)cc3)N(C)C2=O)c1. The van der Waals surface area contributed by atoms with E-state index in [1.54, 1.807) is 7.05 Å². The van der Waals surface area contributed by atoms with Gasteiger partial charge in [-0.15, -0.1) is 0 Å². The summed E-state index contributed by atoms with van der Waals surface area (Å²) in [6.07, 6.45) is 0.118. The van der Waals surface area contributed by atoms with E-state index in [2.05, 4.69) is 36.3 Å². The smallest absolute Gasteiger partial charge is 0.242 e. The first-order valence-electron chi connectivity index (χ1n) is 9.33. The van der Waals surface area contributed by atoms with E-state index in [4.69, 9.17) is 0 Å². The molecule has 1 aliphatic rings. The summed E-state index contributed by atoms with van der Waals surface area (Å²) in [4.78, 5) is 31.0. The number of hydrogen-bond donors (Lipinski definition) is 1. The molecular weight excluding hydrogens is 370 g/mol. The summed E-state index contributed by atoms with van der Waals surface area (Å²) in [5, 5.41) is 3.03. The number of aliphatic imine (C=N–C) groups is 1. The predicted molar refractivity (Wildman–Crippen MR) is 116 cm³/mol. The van der Waals surface area contributed by atoms with Gasteiger partial charge in [-0.3, -0.25) is 14.5 Å². The number of nitrogens with one attached hydrogen (secondary N) is 1. The van der Waals surface area contributed by atoms with Gasteiger partial charge in [-0.2, -0.15) is 0 Å². The molecule has 2 aromatic rings. The lowest BCUT2D eigenvalue weighted by Crippen LogP contribution is -2.30. The van der Waals surface area contributed by atoms with Crippen LogP contribution in [0.1, 0.15) is 37.3 Å². The van der Waals surface area contributed by atoms with Crippen LogP contribution in [0.3, 0.4) is 0 Å². The minimum absolute atomic E-state index is 0.0954. The molecule has 0 unspecified atom stereocenters. The zero-order valence-corrected chi connectivity index (χ0v) is 17.4. The fourth-order valence-electron chi connectivity index (χ4n) is 2.94. The van der Waals surface area contributed by atoms with E-state index in [9.17, 15) is 9.59 Å². The maximum atomic E-state index is 12.5. The zero-order valence-electron chi connectivity index (χ0n) is 16.6. The zero-order chi connectivity index (χ0) is 20.3. The Morgan fingerprint density at radius 1 is 1.21 bits per heavy atom. The van der Waals surface area contributed by atoms with E-state index in [1.807, 2.05) is 43.3 Å². The molecule has 0 saturated carbocycles. The molecule has 1 aliphatic heterocycles. The lowest BCUT2D eigenvalue weighted by molar-refractivity contribution is -0.127. The standard InChI is InChI=1S/C22H25N3O2S/c1-14(2)16-8-10-17(11-9-16)24-22-25(4)21(27)19(28-22)13-20(26)23-18-7-5-6-15(3)12-18/h5-12,14,19H,13H2,1-4H3,(H,23,26)/t19-/m1/s1. The minimum Gasteiger partial charge on any atom is -0.326 e.